The number of benzene rings is 1. The molecule has 0 spiro atoms. The van der Waals surface area contributed by atoms with E-state index < -0.39 is 0 Å². The van der Waals surface area contributed by atoms with E-state index in [1.807, 2.05) is 30.1 Å². The number of piperidine rings is 1. The van der Waals surface area contributed by atoms with Crippen molar-refractivity contribution in [3.63, 3.8) is 0 Å². The van der Waals surface area contributed by atoms with Gasteiger partial charge in [-0.1, -0.05) is 18.2 Å². The SMILES string of the molecule is CNC1CCCN(C(=O)CC2CCOc3ccccc32)C1. The molecule has 1 saturated heterocycles. The Balaban J connectivity index is 1.65. The second-order valence-electron chi connectivity index (χ2n) is 6.04. The number of nitrogens with one attached hydrogen (secondary N) is 1. The van der Waals surface area contributed by atoms with Crippen molar-refractivity contribution >= 4 is 5.91 Å². The molecule has 114 valence electrons. The molecule has 2 atom stereocenters. The van der Waals surface area contributed by atoms with E-state index >= 15 is 0 Å². The number of fused-ring (bicyclic) bond motifs is 1. The summed E-state index contributed by atoms with van der Waals surface area (Å²) in [7, 11) is 1.98. The van der Waals surface area contributed by atoms with Crippen LogP contribution in [0.2, 0.25) is 0 Å². The van der Waals surface area contributed by atoms with Crippen LogP contribution in [0.1, 0.15) is 37.2 Å². The topological polar surface area (TPSA) is 41.6 Å². The van der Waals surface area contributed by atoms with E-state index in [1.54, 1.807) is 0 Å². The van der Waals surface area contributed by atoms with Gasteiger partial charge in [0.2, 0.25) is 5.91 Å². The van der Waals surface area contributed by atoms with Crippen molar-refractivity contribution in [2.24, 2.45) is 0 Å². The van der Waals surface area contributed by atoms with E-state index in [2.05, 4.69) is 11.4 Å². The number of nitrogens with zero attached hydrogens (tertiary/aromatic N) is 1. The number of likely N-dealkylation sites (N-methyl/N-ethyl adjacent to an activating group) is 1. The van der Waals surface area contributed by atoms with Gasteiger partial charge >= 0.3 is 0 Å². The number of para-hydroxylation sites is 1. The first-order valence-corrected chi connectivity index (χ1v) is 7.94. The van der Waals surface area contributed by atoms with Crippen LogP contribution in [0.3, 0.4) is 0 Å². The van der Waals surface area contributed by atoms with E-state index in [-0.39, 0.29) is 5.91 Å². The molecule has 3 rings (SSSR count). The van der Waals surface area contributed by atoms with E-state index in [9.17, 15) is 4.79 Å². The standard InChI is InChI=1S/C17H24N2O2/c1-18-14-5-4-9-19(12-14)17(20)11-13-8-10-21-16-7-3-2-6-15(13)16/h2-3,6-7,13-14,18H,4-5,8-12H2,1H3. The minimum absolute atomic E-state index is 0.289. The maximum atomic E-state index is 12.6. The van der Waals surface area contributed by atoms with Crippen LogP contribution in [-0.4, -0.2) is 43.6 Å². The molecule has 0 radical (unpaired) electrons. The third kappa shape index (κ3) is 3.21. The van der Waals surface area contributed by atoms with Crippen molar-refractivity contribution in [3.05, 3.63) is 29.8 Å². The third-order valence-electron chi connectivity index (χ3n) is 4.69. The average Bonchev–Trinajstić information content (AvgIpc) is 2.55. The largest absolute Gasteiger partial charge is 0.493 e. The van der Waals surface area contributed by atoms with Crippen LogP contribution in [0, 0.1) is 0 Å². The first-order chi connectivity index (χ1) is 10.3. The predicted molar refractivity (Wildman–Crippen MR) is 82.6 cm³/mol. The lowest BCUT2D eigenvalue weighted by Crippen LogP contribution is -2.47. The van der Waals surface area contributed by atoms with E-state index in [4.69, 9.17) is 4.74 Å². The van der Waals surface area contributed by atoms with Crippen LogP contribution in [-0.2, 0) is 4.79 Å². The van der Waals surface area contributed by atoms with Gasteiger partial charge in [0.05, 0.1) is 6.61 Å². The lowest BCUT2D eigenvalue weighted by atomic mass is 9.89. The van der Waals surface area contributed by atoms with Gasteiger partial charge in [0.1, 0.15) is 5.75 Å². The van der Waals surface area contributed by atoms with Gasteiger partial charge in [0, 0.05) is 25.6 Å². The second-order valence-corrected chi connectivity index (χ2v) is 6.04. The molecule has 1 amide bonds. The van der Waals surface area contributed by atoms with Crippen LogP contribution < -0.4 is 10.1 Å². The average molecular weight is 288 g/mol. The molecule has 1 N–H and O–H groups in total. The summed E-state index contributed by atoms with van der Waals surface area (Å²) < 4.78 is 5.68. The highest BCUT2D eigenvalue weighted by molar-refractivity contribution is 5.77. The molecule has 0 saturated carbocycles. The molecule has 21 heavy (non-hydrogen) atoms. The van der Waals surface area contributed by atoms with Crippen molar-refractivity contribution < 1.29 is 9.53 Å². The van der Waals surface area contributed by atoms with Gasteiger partial charge in [-0.25, -0.2) is 0 Å². The van der Waals surface area contributed by atoms with Gasteiger partial charge in [-0.3, -0.25) is 4.79 Å². The Hall–Kier alpha value is -1.55. The molecule has 2 unspecified atom stereocenters. The normalized spacial score (nSPS) is 25.1. The van der Waals surface area contributed by atoms with Crippen molar-refractivity contribution in [3.8, 4) is 5.75 Å². The molecular formula is C17H24N2O2. The molecule has 1 aromatic rings. The minimum atomic E-state index is 0.289. The smallest absolute Gasteiger partial charge is 0.223 e. The van der Waals surface area contributed by atoms with Gasteiger partial charge < -0.3 is 15.0 Å². The zero-order valence-electron chi connectivity index (χ0n) is 12.7. The zero-order chi connectivity index (χ0) is 14.7. The lowest BCUT2D eigenvalue weighted by Gasteiger charge is -2.34. The molecule has 0 aliphatic carbocycles. The van der Waals surface area contributed by atoms with Crippen molar-refractivity contribution in [1.29, 1.82) is 0 Å². The molecule has 1 fully saturated rings. The highest BCUT2D eigenvalue weighted by Crippen LogP contribution is 2.35. The Labute approximate surface area is 126 Å². The summed E-state index contributed by atoms with van der Waals surface area (Å²) in [6.07, 6.45) is 3.81. The number of likely N-dealkylation sites (tertiary alicyclic amines) is 1. The lowest BCUT2D eigenvalue weighted by molar-refractivity contribution is -0.133. The number of rotatable bonds is 3. The summed E-state index contributed by atoms with van der Waals surface area (Å²) in [6, 6.07) is 8.57. The molecule has 4 heteroatoms. The number of carbonyl (C=O) groups excluding carboxylic acids is 1. The number of hydrogen-bond donors (Lipinski definition) is 1. The van der Waals surface area contributed by atoms with Crippen molar-refractivity contribution in [2.75, 3.05) is 26.7 Å². The van der Waals surface area contributed by atoms with Gasteiger partial charge in [-0.2, -0.15) is 0 Å². The van der Waals surface area contributed by atoms with Crippen LogP contribution >= 0.6 is 0 Å². The fraction of sp³-hybridized carbons (Fsp3) is 0.588. The number of ether oxygens (including phenoxy) is 1. The van der Waals surface area contributed by atoms with Crippen molar-refractivity contribution in [1.82, 2.24) is 10.2 Å². The van der Waals surface area contributed by atoms with Gasteiger partial charge in [-0.05, 0) is 43.9 Å². The maximum Gasteiger partial charge on any atom is 0.223 e. The number of hydrogen-bond acceptors (Lipinski definition) is 3. The van der Waals surface area contributed by atoms with Crippen LogP contribution in [0.25, 0.3) is 0 Å². The van der Waals surface area contributed by atoms with Gasteiger partial charge in [-0.15, -0.1) is 0 Å². The quantitative estimate of drug-likeness (QED) is 0.926. The molecule has 2 aliphatic heterocycles. The molecule has 1 aromatic carbocycles. The Bertz CT molecular complexity index is 503. The predicted octanol–water partition coefficient (Wildman–Crippen LogP) is 2.15. The third-order valence-corrected chi connectivity index (χ3v) is 4.69. The fourth-order valence-corrected chi connectivity index (χ4v) is 3.41. The van der Waals surface area contributed by atoms with Crippen LogP contribution in [0.5, 0.6) is 5.75 Å². The molecule has 0 aromatic heterocycles. The fourth-order valence-electron chi connectivity index (χ4n) is 3.41. The van der Waals surface area contributed by atoms with Crippen molar-refractivity contribution in [2.45, 2.75) is 37.6 Å². The highest BCUT2D eigenvalue weighted by Gasteiger charge is 2.28. The minimum Gasteiger partial charge on any atom is -0.493 e. The first-order valence-electron chi connectivity index (χ1n) is 7.94. The molecular weight excluding hydrogens is 264 g/mol. The monoisotopic (exact) mass is 288 g/mol. The number of amides is 1. The Morgan fingerprint density at radius 3 is 3.10 bits per heavy atom. The number of carbonyl (C=O) groups is 1. The van der Waals surface area contributed by atoms with Gasteiger partial charge in [0.25, 0.3) is 0 Å². The van der Waals surface area contributed by atoms with E-state index in [0.717, 1.165) is 31.7 Å². The Morgan fingerprint density at radius 2 is 2.24 bits per heavy atom. The molecule has 2 aliphatic rings. The summed E-state index contributed by atoms with van der Waals surface area (Å²) >= 11 is 0. The van der Waals surface area contributed by atoms with Gasteiger partial charge in [0.15, 0.2) is 0 Å². The zero-order valence-corrected chi connectivity index (χ0v) is 12.7. The molecule has 2 heterocycles. The molecule has 4 nitrogen and oxygen atoms in total. The van der Waals surface area contributed by atoms with Crippen LogP contribution in [0.15, 0.2) is 24.3 Å². The second kappa shape index (κ2) is 6.48. The van der Waals surface area contributed by atoms with E-state index in [1.165, 1.54) is 12.0 Å². The summed E-state index contributed by atoms with van der Waals surface area (Å²) in [6.45, 7) is 2.47. The van der Waals surface area contributed by atoms with Crippen LogP contribution in [0.4, 0.5) is 0 Å². The highest BCUT2D eigenvalue weighted by atomic mass is 16.5. The Morgan fingerprint density at radius 1 is 1.38 bits per heavy atom. The summed E-state index contributed by atoms with van der Waals surface area (Å²) in [4.78, 5) is 14.6. The summed E-state index contributed by atoms with van der Waals surface area (Å²) in [5.74, 6) is 1.54. The summed E-state index contributed by atoms with van der Waals surface area (Å²) in [5.41, 5.74) is 1.19. The molecule has 0 bridgehead atoms. The first kappa shape index (κ1) is 14.4. The van der Waals surface area contributed by atoms with E-state index in [0.29, 0.717) is 25.0 Å². The summed E-state index contributed by atoms with van der Waals surface area (Å²) in [5, 5.41) is 3.29. The Kier molecular flexibility index (Phi) is 4.44. The maximum absolute atomic E-state index is 12.6.